The average molecular weight is 2000 g/mol. The molecule has 8 aliphatic rings. The van der Waals surface area contributed by atoms with Crippen LogP contribution < -0.4 is 42.5 Å². The monoisotopic (exact) mass is 2000 g/mol. The highest BCUT2D eigenvalue weighted by atomic mass is 32.1. The second-order valence-corrected chi connectivity index (χ2v) is 44.3. The molecule has 10 heterocycles. The highest BCUT2D eigenvalue weighted by molar-refractivity contribution is 7.13. The Hall–Kier alpha value is -12.5. The summed E-state index contributed by atoms with van der Waals surface area (Å²) in [6.45, 7) is 48.9. The number of fused-ring (bicyclic) bond motifs is 3. The minimum absolute atomic E-state index is 0.0164. The van der Waals surface area contributed by atoms with Crippen LogP contribution >= 0.6 is 22.7 Å². The third-order valence-electron chi connectivity index (χ3n) is 27.3. The number of nitrogens with zero attached hydrogens (tertiary/aromatic N) is 7. The molecule has 0 radical (unpaired) electrons. The van der Waals surface area contributed by atoms with E-state index in [0.717, 1.165) is 114 Å². The van der Waals surface area contributed by atoms with Crippen LogP contribution in [0.3, 0.4) is 0 Å². The highest BCUT2D eigenvalue weighted by Crippen LogP contribution is 2.39. The summed E-state index contributed by atoms with van der Waals surface area (Å²) in [7, 11) is 0. The van der Waals surface area contributed by atoms with Gasteiger partial charge < -0.3 is 71.9 Å². The zero-order valence-electron chi connectivity index (χ0n) is 86.4. The van der Waals surface area contributed by atoms with E-state index in [9.17, 15) is 77.3 Å². The molecule has 5 saturated heterocycles. The summed E-state index contributed by atoms with van der Waals surface area (Å²) in [5.41, 5.74) is 18.3. The summed E-state index contributed by atoms with van der Waals surface area (Å²) in [5, 5.41) is 43.3. The lowest BCUT2D eigenvalue weighted by Crippen LogP contribution is -2.57. The molecule has 11 atom stereocenters. The van der Waals surface area contributed by atoms with Crippen LogP contribution in [-0.2, 0) is 72.4 Å². The van der Waals surface area contributed by atoms with Gasteiger partial charge in [0.25, 0.3) is 17.7 Å². The van der Waals surface area contributed by atoms with Gasteiger partial charge in [0.2, 0.25) is 65.0 Å². The second kappa shape index (κ2) is 48.3. The number of hydrogen-bond acceptors (Lipinski definition) is 20. The van der Waals surface area contributed by atoms with Crippen molar-refractivity contribution in [1.29, 1.82) is 0 Å². The Kier molecular flexibility index (Phi) is 37.4. The number of β-amino-alcohol motifs (C(OH)–C–C–N with tert-alkyl or cyclic N) is 2. The van der Waals surface area contributed by atoms with Crippen LogP contribution in [0.5, 0.6) is 0 Å². The summed E-state index contributed by atoms with van der Waals surface area (Å²) in [6, 6.07) is 27.8. The number of aryl methyl sites for hydroxylation is 2. The van der Waals surface area contributed by atoms with Gasteiger partial charge in [0.1, 0.15) is 42.3 Å². The fourth-order valence-corrected chi connectivity index (χ4v) is 20.5. The lowest BCUT2D eigenvalue weighted by atomic mass is 9.85. The molecule has 31 nitrogen and oxygen atoms in total. The Balaban J connectivity index is 0.000000176. The van der Waals surface area contributed by atoms with Crippen LogP contribution in [0.15, 0.2) is 139 Å². The minimum atomic E-state index is -0.947. The van der Waals surface area contributed by atoms with E-state index in [-0.39, 0.29) is 128 Å². The van der Waals surface area contributed by atoms with E-state index >= 15 is 0 Å². The first-order chi connectivity index (χ1) is 67.4. The number of imide groups is 1. The maximum absolute atomic E-state index is 13.7. The van der Waals surface area contributed by atoms with Crippen molar-refractivity contribution in [1.82, 2.24) is 77.0 Å². The SMILES string of the molecule is C=C1CCC(N2Cc3c(cccc3C(C)C)C2=O)C(=O)N1.C=C1CCC(N2Cc3ccc(C(C)C)cc3C2=O)C(=O)N1.CC(=O)N[C@H](C(=O)N1C[C@H](O)CC1C(=O)N[C@@H](CC(=O)NCCC(C)C)c1ccc(-c2scnc2C)cc1)C(C)(C)C.CC(C)c1ccc2c(c1)CN(C1CCC(=O)NC1=O)C2=O.Cc1ncsc1-c1ccc([C@H](C)NC(=O)[C@@H]2C[C@@H](O)CN2C(=O)[C@@H](NC(=O)CCC(C)C)C(C)(C)C)cc1. The van der Waals surface area contributed by atoms with Gasteiger partial charge in [-0.05, 0) is 180 Å². The first kappa shape index (κ1) is 111. The number of benzene rings is 5. The molecule has 5 fully saturated rings. The average Bonchev–Trinajstić information content (AvgIpc) is 1.68. The van der Waals surface area contributed by atoms with Crippen molar-refractivity contribution in [2.24, 2.45) is 22.7 Å². The molecule has 7 aromatic rings. The molecule has 33 heteroatoms. The topological polar surface area (TPSA) is 418 Å². The molecular formula is C110H145N15O16S2. The van der Waals surface area contributed by atoms with Crippen molar-refractivity contribution < 1.29 is 77.3 Å². The predicted molar refractivity (Wildman–Crippen MR) is 552 cm³/mol. The lowest BCUT2D eigenvalue weighted by molar-refractivity contribution is -0.144. The van der Waals surface area contributed by atoms with Gasteiger partial charge in [0, 0.05) is 100.0 Å². The number of hydrogen-bond donors (Lipinski definition) is 10. The molecular weight excluding hydrogens is 1850 g/mol. The number of nitrogens with one attached hydrogen (secondary N) is 8. The first-order valence-electron chi connectivity index (χ1n) is 49.9. The number of piperidine rings is 3. The molecule has 4 unspecified atom stereocenters. The van der Waals surface area contributed by atoms with Gasteiger partial charge >= 0.3 is 0 Å². The van der Waals surface area contributed by atoms with Crippen molar-refractivity contribution in [3.05, 3.63) is 211 Å². The van der Waals surface area contributed by atoms with Crippen molar-refractivity contribution >= 4 is 105 Å². The third kappa shape index (κ3) is 28.2. The number of aliphatic hydroxyl groups is 2. The Labute approximate surface area is 848 Å². The van der Waals surface area contributed by atoms with Crippen LogP contribution in [0.1, 0.15) is 318 Å². The molecule has 768 valence electrons. The number of thiazole rings is 2. The number of amides is 14. The Morgan fingerprint density at radius 2 is 0.944 bits per heavy atom. The van der Waals surface area contributed by atoms with Gasteiger partial charge in [-0.1, -0.05) is 209 Å². The third-order valence-corrected chi connectivity index (χ3v) is 29.3. The number of aromatic nitrogens is 2. The lowest BCUT2D eigenvalue weighted by Gasteiger charge is -2.35. The molecule has 0 saturated carbocycles. The number of allylic oxidation sites excluding steroid dienone is 2. The number of carbonyl (C=O) groups excluding carboxylic acids is 14. The van der Waals surface area contributed by atoms with E-state index in [0.29, 0.717) is 87.0 Å². The molecule has 5 aromatic carbocycles. The molecule has 0 spiro atoms. The predicted octanol–water partition coefficient (Wildman–Crippen LogP) is 14.3. The van der Waals surface area contributed by atoms with Crippen LogP contribution in [0, 0.1) is 36.5 Å². The Bertz CT molecular complexity index is 5850. The highest BCUT2D eigenvalue weighted by Gasteiger charge is 2.49. The van der Waals surface area contributed by atoms with E-state index in [1.807, 2.05) is 173 Å². The zero-order valence-corrected chi connectivity index (χ0v) is 88.0. The number of aliphatic hydroxyl groups excluding tert-OH is 2. The molecule has 2 aromatic heterocycles. The maximum atomic E-state index is 13.7. The molecule has 143 heavy (non-hydrogen) atoms. The quantitative estimate of drug-likeness (QED) is 0.0225. The summed E-state index contributed by atoms with van der Waals surface area (Å²) >= 11 is 3.13. The summed E-state index contributed by atoms with van der Waals surface area (Å²) < 4.78 is 0. The summed E-state index contributed by atoms with van der Waals surface area (Å²) in [4.78, 5) is 195. The zero-order chi connectivity index (χ0) is 105. The van der Waals surface area contributed by atoms with E-state index in [1.165, 1.54) is 27.9 Å². The Morgan fingerprint density at radius 1 is 0.490 bits per heavy atom. The number of carbonyl (C=O) groups is 14. The van der Waals surface area contributed by atoms with Crippen molar-refractivity contribution in [3.8, 4) is 20.9 Å². The van der Waals surface area contributed by atoms with Crippen LogP contribution in [0.2, 0.25) is 0 Å². The Morgan fingerprint density at radius 3 is 1.42 bits per heavy atom. The van der Waals surface area contributed by atoms with Gasteiger partial charge in [0.15, 0.2) is 0 Å². The molecule has 14 amide bonds. The molecule has 8 aliphatic heterocycles. The van der Waals surface area contributed by atoms with E-state index in [4.69, 9.17) is 0 Å². The first-order valence-corrected chi connectivity index (χ1v) is 51.7. The van der Waals surface area contributed by atoms with Crippen LogP contribution in [0.4, 0.5) is 0 Å². The standard InChI is InChI=1S/C31H45N5O5S.C29H42N4O4S.2C17H20N2O2.C16H18N2O3/c1-18(2)12-13-32-26(39)15-24(21-8-10-22(11-9-21)27-19(3)33-17-42-27)35-29(40)25-14-23(38)16-36(25)30(41)28(31(5,6)7)34-20(4)37;1-17(2)8-13-24(35)32-26(29(5,6)7)28(37)33-15-22(34)14-23(33)27(36)31-18(3)20-9-11-21(12-10-20)25-19(4)30-16-38-25;1-10(2)12-5-6-13-9-19(17(21)14(13)8-12)15-7-4-11(3)18-16(15)20;1-10(2)12-5-4-6-13-14(12)9-19(17(13)21)15-8-7-11(3)18-16(15)20;1-9(2)10-3-4-12-11(7-10)8-18(16(12)21)13-5-6-14(19)17-15(13)20/h8-11,17-18,23-25,28,38H,12-16H2,1-7H3,(H,32,39)(H,34,37)(H,35,40);9-12,16-18,22-23,26,34H,8,13-15H2,1-7H3,(H,31,36)(H,32,35);5-6,8,10,15H,3-4,7,9H2,1-2H3,(H,18,20);4-6,10,15H,3,7-9H2,1-2H3,(H,18,20);3-4,7,9,13H,5-6,8H2,1-2H3,(H,17,19,20)/t23-,24+,25?,28-;18-,22+,23-,26+;;;/m10.../s1. The van der Waals surface area contributed by atoms with Gasteiger partial charge in [-0.3, -0.25) is 72.4 Å². The summed E-state index contributed by atoms with van der Waals surface area (Å²) in [5.74, 6) is -1.34. The fourth-order valence-electron chi connectivity index (χ4n) is 18.9. The van der Waals surface area contributed by atoms with E-state index < -0.39 is 71.1 Å². The normalized spacial score (nSPS) is 20.1. The molecule has 15 rings (SSSR count). The van der Waals surface area contributed by atoms with Crippen molar-refractivity contribution in [2.45, 2.75) is 319 Å². The number of rotatable bonds is 26. The van der Waals surface area contributed by atoms with Crippen LogP contribution in [-0.4, -0.2) is 202 Å². The van der Waals surface area contributed by atoms with E-state index in [2.05, 4.69) is 133 Å². The van der Waals surface area contributed by atoms with Gasteiger partial charge in [-0.2, -0.15) is 0 Å². The van der Waals surface area contributed by atoms with Gasteiger partial charge in [-0.15, -0.1) is 22.7 Å². The smallest absolute Gasteiger partial charge is 0.255 e. The molecule has 10 N–H and O–H groups in total. The second-order valence-electron chi connectivity index (χ2n) is 42.6. The molecule has 0 bridgehead atoms. The van der Waals surface area contributed by atoms with Crippen LogP contribution in [0.25, 0.3) is 20.9 Å². The maximum Gasteiger partial charge on any atom is 0.255 e. The minimum Gasteiger partial charge on any atom is -0.391 e. The largest absolute Gasteiger partial charge is 0.391 e. The van der Waals surface area contributed by atoms with Gasteiger partial charge in [0.05, 0.1) is 62.9 Å². The number of likely N-dealkylation sites (tertiary alicyclic amines) is 2. The summed E-state index contributed by atoms with van der Waals surface area (Å²) in [6.07, 6.45) is 3.91. The van der Waals surface area contributed by atoms with Gasteiger partial charge in [-0.25, -0.2) is 9.97 Å². The molecule has 0 aliphatic carbocycles. The van der Waals surface area contributed by atoms with Crippen molar-refractivity contribution in [2.75, 3.05) is 19.6 Å². The fraction of sp³-hybridized carbons (Fsp3) is 0.509. The van der Waals surface area contributed by atoms with Crippen molar-refractivity contribution in [3.63, 3.8) is 0 Å². The van der Waals surface area contributed by atoms with E-state index in [1.54, 1.807) is 42.9 Å².